The van der Waals surface area contributed by atoms with Gasteiger partial charge >= 0.3 is 0 Å². The smallest absolute Gasteiger partial charge is 0.138 e. The summed E-state index contributed by atoms with van der Waals surface area (Å²) in [4.78, 5) is 12.4. The van der Waals surface area contributed by atoms with Gasteiger partial charge in [0, 0.05) is 23.1 Å². The number of aromatic hydroxyl groups is 1. The molecular formula is C46H49N3O. The summed E-state index contributed by atoms with van der Waals surface area (Å²) in [6, 6.07) is 37.8. The van der Waals surface area contributed by atoms with E-state index in [9.17, 15) is 5.11 Å². The molecule has 0 radical (unpaired) electrons. The zero-order valence-electron chi connectivity index (χ0n) is 30.9. The molecule has 0 saturated carbocycles. The second kappa shape index (κ2) is 14.0. The maximum Gasteiger partial charge on any atom is 0.138 e. The highest BCUT2D eigenvalue weighted by Gasteiger charge is 2.21. The Morgan fingerprint density at radius 1 is 0.620 bits per heavy atom. The van der Waals surface area contributed by atoms with Crippen LogP contribution in [0.25, 0.3) is 33.6 Å². The van der Waals surface area contributed by atoms with Crippen LogP contribution in [0, 0.1) is 13.8 Å². The maximum absolute atomic E-state index is 10.7. The molecule has 0 bridgehead atoms. The molecule has 0 aliphatic heterocycles. The highest BCUT2D eigenvalue weighted by atomic mass is 16.3. The molecule has 4 nitrogen and oxygen atoms in total. The number of phenols is 1. The second-order valence-corrected chi connectivity index (χ2v) is 15.1. The normalized spacial score (nSPS) is 11.7. The van der Waals surface area contributed by atoms with Crippen LogP contribution in [0.4, 0.5) is 17.2 Å². The SMILES string of the molecule is Cc1cc(C(C)(C)C)cc(C)c1-c1ccnc(-c2cccc(N(c3cccc(-c4ccccc4O)c3)c3cc(C(C)C)cc(C(C)C)c3)n2)c1. The molecule has 254 valence electrons. The third-order valence-corrected chi connectivity index (χ3v) is 9.55. The Morgan fingerprint density at radius 3 is 1.92 bits per heavy atom. The van der Waals surface area contributed by atoms with Gasteiger partial charge in [0.25, 0.3) is 0 Å². The van der Waals surface area contributed by atoms with Gasteiger partial charge in [-0.2, -0.15) is 0 Å². The lowest BCUT2D eigenvalue weighted by atomic mass is 9.82. The molecule has 0 spiro atoms. The van der Waals surface area contributed by atoms with Crippen molar-refractivity contribution in [3.63, 3.8) is 0 Å². The predicted molar refractivity (Wildman–Crippen MR) is 211 cm³/mol. The molecule has 0 fully saturated rings. The summed E-state index contributed by atoms with van der Waals surface area (Å²) in [5.41, 5.74) is 14.2. The van der Waals surface area contributed by atoms with Crippen molar-refractivity contribution in [3.8, 4) is 39.4 Å². The van der Waals surface area contributed by atoms with Gasteiger partial charge in [-0.15, -0.1) is 0 Å². The van der Waals surface area contributed by atoms with Crippen LogP contribution in [0.5, 0.6) is 5.75 Å². The van der Waals surface area contributed by atoms with Gasteiger partial charge in [0.1, 0.15) is 11.6 Å². The zero-order chi connectivity index (χ0) is 35.7. The van der Waals surface area contributed by atoms with Crippen molar-refractivity contribution in [2.24, 2.45) is 0 Å². The van der Waals surface area contributed by atoms with Crippen molar-refractivity contribution >= 4 is 17.2 Å². The summed E-state index contributed by atoms with van der Waals surface area (Å²) >= 11 is 0. The monoisotopic (exact) mass is 659 g/mol. The summed E-state index contributed by atoms with van der Waals surface area (Å²) < 4.78 is 0. The molecule has 4 aromatic carbocycles. The van der Waals surface area contributed by atoms with Crippen LogP contribution in [0.2, 0.25) is 0 Å². The number of pyridine rings is 2. The number of aromatic nitrogens is 2. The van der Waals surface area contributed by atoms with E-state index in [1.807, 2.05) is 42.6 Å². The summed E-state index contributed by atoms with van der Waals surface area (Å²) in [7, 11) is 0. The summed E-state index contributed by atoms with van der Waals surface area (Å²) in [6.45, 7) is 20.2. The molecule has 0 aliphatic carbocycles. The molecule has 6 aromatic rings. The van der Waals surface area contributed by atoms with Gasteiger partial charge in [0.05, 0.1) is 11.4 Å². The van der Waals surface area contributed by atoms with Gasteiger partial charge in [-0.05, 0) is 130 Å². The minimum Gasteiger partial charge on any atom is -0.507 e. The Hall–Kier alpha value is -5.22. The second-order valence-electron chi connectivity index (χ2n) is 15.1. The third kappa shape index (κ3) is 7.21. The molecule has 4 heteroatoms. The van der Waals surface area contributed by atoms with Crippen molar-refractivity contribution < 1.29 is 5.11 Å². The third-order valence-electron chi connectivity index (χ3n) is 9.55. The molecule has 0 unspecified atom stereocenters. The Morgan fingerprint density at radius 2 is 1.28 bits per heavy atom. The standard InChI is InChI=1S/C46H49N3O/c1-29(2)35-24-36(30(3)4)27-39(26-35)49(38-15-12-14-33(25-38)40-16-10-11-18-43(40)50)44-19-13-17-41(48-44)42-28-34(20-21-47-42)45-31(5)22-37(23-32(45)6)46(7,8)9/h10-30,50H,1-9H3. The topological polar surface area (TPSA) is 49.2 Å². The Labute approximate surface area is 298 Å². The number of anilines is 3. The number of phenolic OH excluding ortho intramolecular Hbond substituents is 1. The minimum absolute atomic E-state index is 0.0826. The maximum atomic E-state index is 10.7. The average Bonchev–Trinajstić information content (AvgIpc) is 3.08. The average molecular weight is 660 g/mol. The fourth-order valence-corrected chi connectivity index (χ4v) is 6.67. The molecular weight excluding hydrogens is 611 g/mol. The van der Waals surface area contributed by atoms with Crippen LogP contribution in [0.3, 0.4) is 0 Å². The van der Waals surface area contributed by atoms with Gasteiger partial charge in [-0.3, -0.25) is 9.88 Å². The van der Waals surface area contributed by atoms with Crippen LogP contribution >= 0.6 is 0 Å². The minimum atomic E-state index is 0.0826. The van der Waals surface area contributed by atoms with Crippen molar-refractivity contribution in [2.45, 2.75) is 79.6 Å². The first-order valence-electron chi connectivity index (χ1n) is 17.7. The Balaban J connectivity index is 1.50. The van der Waals surface area contributed by atoms with Gasteiger partial charge in [0.15, 0.2) is 0 Å². The zero-order valence-corrected chi connectivity index (χ0v) is 30.9. The van der Waals surface area contributed by atoms with Gasteiger partial charge < -0.3 is 5.11 Å². The molecule has 0 saturated heterocycles. The predicted octanol–water partition coefficient (Wildman–Crippen LogP) is 12.8. The van der Waals surface area contributed by atoms with Gasteiger partial charge in [-0.1, -0.05) is 103 Å². The van der Waals surface area contributed by atoms with Crippen LogP contribution in [0.1, 0.15) is 88.1 Å². The van der Waals surface area contributed by atoms with E-state index in [2.05, 4.69) is 134 Å². The van der Waals surface area contributed by atoms with Crippen molar-refractivity contribution in [1.82, 2.24) is 9.97 Å². The lowest BCUT2D eigenvalue weighted by Crippen LogP contribution is -2.13. The van der Waals surface area contributed by atoms with Crippen LogP contribution < -0.4 is 4.90 Å². The van der Waals surface area contributed by atoms with Gasteiger partial charge in [-0.25, -0.2) is 4.98 Å². The lowest BCUT2D eigenvalue weighted by molar-refractivity contribution is 0.477. The highest BCUT2D eigenvalue weighted by Crippen LogP contribution is 2.41. The van der Waals surface area contributed by atoms with E-state index in [4.69, 9.17) is 9.97 Å². The van der Waals surface area contributed by atoms with Crippen LogP contribution in [-0.4, -0.2) is 15.1 Å². The molecule has 0 amide bonds. The Bertz CT molecular complexity index is 2110. The van der Waals surface area contributed by atoms with E-state index >= 15 is 0 Å². The van der Waals surface area contributed by atoms with Gasteiger partial charge in [0.2, 0.25) is 0 Å². The summed E-state index contributed by atoms with van der Waals surface area (Å²) in [5.74, 6) is 1.77. The summed E-state index contributed by atoms with van der Waals surface area (Å²) in [6.07, 6.45) is 1.89. The highest BCUT2D eigenvalue weighted by molar-refractivity contribution is 5.81. The molecule has 1 N–H and O–H groups in total. The quantitative estimate of drug-likeness (QED) is 0.177. The van der Waals surface area contributed by atoms with E-state index < -0.39 is 0 Å². The van der Waals surface area contributed by atoms with E-state index in [0.717, 1.165) is 45.3 Å². The van der Waals surface area contributed by atoms with E-state index in [1.165, 1.54) is 33.4 Å². The summed E-state index contributed by atoms with van der Waals surface area (Å²) in [5, 5.41) is 10.7. The van der Waals surface area contributed by atoms with E-state index in [1.54, 1.807) is 6.07 Å². The molecule has 6 rings (SSSR count). The van der Waals surface area contributed by atoms with Crippen molar-refractivity contribution in [1.29, 1.82) is 0 Å². The number of nitrogens with zero attached hydrogens (tertiary/aromatic N) is 3. The number of rotatable bonds is 8. The van der Waals surface area contributed by atoms with Crippen molar-refractivity contribution in [3.05, 3.63) is 143 Å². The Kier molecular flexibility index (Phi) is 9.67. The molecule has 0 aliphatic rings. The number of benzene rings is 4. The fraction of sp³-hybridized carbons (Fsp3) is 0.261. The molecule has 2 aromatic heterocycles. The fourth-order valence-electron chi connectivity index (χ4n) is 6.67. The lowest BCUT2D eigenvalue weighted by Gasteiger charge is -2.27. The number of aryl methyl sites for hydroxylation is 2. The first-order chi connectivity index (χ1) is 23.8. The molecule has 50 heavy (non-hydrogen) atoms. The van der Waals surface area contributed by atoms with E-state index in [0.29, 0.717) is 11.8 Å². The van der Waals surface area contributed by atoms with Crippen LogP contribution in [-0.2, 0) is 5.41 Å². The van der Waals surface area contributed by atoms with E-state index in [-0.39, 0.29) is 11.2 Å². The number of hydrogen-bond acceptors (Lipinski definition) is 4. The van der Waals surface area contributed by atoms with Crippen LogP contribution in [0.15, 0.2) is 115 Å². The largest absolute Gasteiger partial charge is 0.507 e. The number of hydrogen-bond donors (Lipinski definition) is 1. The van der Waals surface area contributed by atoms with Crippen molar-refractivity contribution in [2.75, 3.05) is 4.90 Å². The first kappa shape index (κ1) is 34.6. The molecule has 2 heterocycles. The molecule has 0 atom stereocenters. The first-order valence-corrected chi connectivity index (χ1v) is 17.7. The number of para-hydroxylation sites is 1.